The summed E-state index contributed by atoms with van der Waals surface area (Å²) in [5.74, 6) is 0.492. The van der Waals surface area contributed by atoms with Crippen LogP contribution in [-0.4, -0.2) is 60.7 Å². The van der Waals surface area contributed by atoms with Gasteiger partial charge in [-0.2, -0.15) is 5.10 Å². The number of piperidine rings is 1. The number of nitrogens with zero attached hydrogens (tertiary/aromatic N) is 3. The van der Waals surface area contributed by atoms with Gasteiger partial charge in [-0.1, -0.05) is 0 Å². The average molecular weight is 365 g/mol. The van der Waals surface area contributed by atoms with Gasteiger partial charge in [-0.15, -0.1) is 0 Å². The van der Waals surface area contributed by atoms with Crippen molar-refractivity contribution < 1.29 is 14.3 Å². The standard InChI is InChI=1S/C18H31N5O3/c1-22(9-11-26-18(19)24)12-15-13-23(16-4-2-3-10-25-16)21-17(15)14-5-7-20-8-6-14/h13-14,16,20H,2-12H2,1H3,(H2,19,24). The molecule has 1 amide bonds. The molecule has 146 valence electrons. The molecule has 0 bridgehead atoms. The number of amides is 1. The first kappa shape index (κ1) is 19.1. The van der Waals surface area contributed by atoms with Crippen molar-refractivity contribution in [2.45, 2.75) is 50.8 Å². The molecular weight excluding hydrogens is 334 g/mol. The summed E-state index contributed by atoms with van der Waals surface area (Å²) in [5.41, 5.74) is 7.47. The molecule has 3 rings (SSSR count). The Morgan fingerprint density at radius 3 is 2.92 bits per heavy atom. The van der Waals surface area contributed by atoms with Gasteiger partial charge in [-0.05, 0) is 52.2 Å². The molecule has 1 aromatic rings. The average Bonchev–Trinajstić information content (AvgIpc) is 3.06. The van der Waals surface area contributed by atoms with Crippen LogP contribution in [0.15, 0.2) is 6.20 Å². The summed E-state index contributed by atoms with van der Waals surface area (Å²) in [5, 5.41) is 8.37. The molecule has 0 aliphatic carbocycles. The second-order valence-corrected chi connectivity index (χ2v) is 7.27. The van der Waals surface area contributed by atoms with Gasteiger partial charge in [-0.25, -0.2) is 9.48 Å². The zero-order chi connectivity index (χ0) is 18.4. The normalized spacial score (nSPS) is 21.8. The number of nitrogens with one attached hydrogen (secondary N) is 1. The topological polar surface area (TPSA) is 94.6 Å². The van der Waals surface area contributed by atoms with E-state index in [4.69, 9.17) is 20.3 Å². The fraction of sp³-hybridized carbons (Fsp3) is 0.778. The van der Waals surface area contributed by atoms with Gasteiger partial charge in [0.15, 0.2) is 0 Å². The maximum atomic E-state index is 10.7. The summed E-state index contributed by atoms with van der Waals surface area (Å²) in [4.78, 5) is 12.9. The van der Waals surface area contributed by atoms with Crippen LogP contribution >= 0.6 is 0 Å². The maximum absolute atomic E-state index is 10.7. The molecule has 8 heteroatoms. The lowest BCUT2D eigenvalue weighted by atomic mass is 9.92. The van der Waals surface area contributed by atoms with E-state index in [1.165, 1.54) is 17.7 Å². The van der Waals surface area contributed by atoms with Crippen LogP contribution in [0, 0.1) is 0 Å². The minimum Gasteiger partial charge on any atom is -0.448 e. The Balaban J connectivity index is 1.70. The van der Waals surface area contributed by atoms with Gasteiger partial charge >= 0.3 is 6.09 Å². The SMILES string of the molecule is CN(CCOC(N)=O)Cc1cn(C2CCCCO2)nc1C1CCNCC1. The zero-order valence-corrected chi connectivity index (χ0v) is 15.7. The van der Waals surface area contributed by atoms with E-state index < -0.39 is 6.09 Å². The third-order valence-electron chi connectivity index (χ3n) is 5.17. The molecule has 2 saturated heterocycles. The van der Waals surface area contributed by atoms with Crippen molar-refractivity contribution in [1.82, 2.24) is 20.0 Å². The fourth-order valence-corrected chi connectivity index (χ4v) is 3.76. The van der Waals surface area contributed by atoms with Crippen LogP contribution < -0.4 is 11.1 Å². The summed E-state index contributed by atoms with van der Waals surface area (Å²) in [7, 11) is 2.02. The predicted molar refractivity (Wildman–Crippen MR) is 97.8 cm³/mol. The highest BCUT2D eigenvalue weighted by Crippen LogP contribution is 2.30. The van der Waals surface area contributed by atoms with Crippen molar-refractivity contribution in [2.24, 2.45) is 5.73 Å². The first-order valence-electron chi connectivity index (χ1n) is 9.64. The molecule has 3 N–H and O–H groups in total. The zero-order valence-electron chi connectivity index (χ0n) is 15.7. The first-order chi connectivity index (χ1) is 12.6. The van der Waals surface area contributed by atoms with E-state index in [2.05, 4.69) is 16.4 Å². The minimum atomic E-state index is -0.726. The molecule has 2 fully saturated rings. The van der Waals surface area contributed by atoms with Gasteiger partial charge in [0.2, 0.25) is 0 Å². The van der Waals surface area contributed by atoms with Crippen LogP contribution in [0.2, 0.25) is 0 Å². The Hall–Kier alpha value is -1.64. The van der Waals surface area contributed by atoms with Gasteiger partial charge in [0, 0.05) is 37.4 Å². The second-order valence-electron chi connectivity index (χ2n) is 7.27. The Morgan fingerprint density at radius 2 is 2.23 bits per heavy atom. The highest BCUT2D eigenvalue weighted by atomic mass is 16.5. The molecule has 1 atom stereocenters. The van der Waals surface area contributed by atoms with Crippen LogP contribution in [0.25, 0.3) is 0 Å². The molecule has 0 aromatic carbocycles. The molecule has 1 unspecified atom stereocenters. The molecule has 2 aliphatic heterocycles. The number of carbonyl (C=O) groups excluding carboxylic acids is 1. The Labute approximate surface area is 155 Å². The van der Waals surface area contributed by atoms with E-state index in [1.54, 1.807) is 0 Å². The predicted octanol–water partition coefficient (Wildman–Crippen LogP) is 1.58. The van der Waals surface area contributed by atoms with E-state index in [0.29, 0.717) is 19.1 Å². The molecular formula is C18H31N5O3. The van der Waals surface area contributed by atoms with E-state index in [-0.39, 0.29) is 6.23 Å². The van der Waals surface area contributed by atoms with Gasteiger partial charge in [0.1, 0.15) is 12.8 Å². The third-order valence-corrected chi connectivity index (χ3v) is 5.17. The van der Waals surface area contributed by atoms with Crippen molar-refractivity contribution in [2.75, 3.05) is 39.9 Å². The quantitative estimate of drug-likeness (QED) is 0.762. The van der Waals surface area contributed by atoms with Crippen molar-refractivity contribution >= 4 is 6.09 Å². The van der Waals surface area contributed by atoms with Crippen molar-refractivity contribution in [3.8, 4) is 0 Å². The van der Waals surface area contributed by atoms with Crippen molar-refractivity contribution in [3.63, 3.8) is 0 Å². The first-order valence-corrected chi connectivity index (χ1v) is 9.64. The van der Waals surface area contributed by atoms with Gasteiger partial charge < -0.3 is 20.5 Å². The van der Waals surface area contributed by atoms with Gasteiger partial charge in [-0.3, -0.25) is 4.90 Å². The number of likely N-dealkylation sites (N-methyl/N-ethyl adjacent to an activating group) is 1. The molecule has 1 aromatic heterocycles. The van der Waals surface area contributed by atoms with Crippen molar-refractivity contribution in [3.05, 3.63) is 17.5 Å². The fourth-order valence-electron chi connectivity index (χ4n) is 3.76. The molecule has 0 spiro atoms. The van der Waals surface area contributed by atoms with Crippen LogP contribution in [0.5, 0.6) is 0 Å². The smallest absolute Gasteiger partial charge is 0.404 e. The number of ether oxygens (including phenoxy) is 2. The lowest BCUT2D eigenvalue weighted by Gasteiger charge is -2.24. The van der Waals surface area contributed by atoms with E-state index in [1.807, 2.05) is 11.7 Å². The van der Waals surface area contributed by atoms with Crippen LogP contribution in [0.1, 0.15) is 55.5 Å². The van der Waals surface area contributed by atoms with Crippen LogP contribution in [0.4, 0.5) is 4.79 Å². The maximum Gasteiger partial charge on any atom is 0.404 e. The van der Waals surface area contributed by atoms with Gasteiger partial charge in [0.25, 0.3) is 0 Å². The number of carbonyl (C=O) groups is 1. The number of hydrogen-bond donors (Lipinski definition) is 2. The summed E-state index contributed by atoms with van der Waals surface area (Å²) in [6.07, 6.45) is 7.06. The third kappa shape index (κ3) is 5.18. The molecule has 3 heterocycles. The van der Waals surface area contributed by atoms with Gasteiger partial charge in [0.05, 0.1) is 5.69 Å². The largest absolute Gasteiger partial charge is 0.448 e. The highest BCUT2D eigenvalue weighted by molar-refractivity contribution is 5.64. The Kier molecular flexibility index (Phi) is 6.87. The number of primary amides is 1. The number of nitrogens with two attached hydrogens (primary N) is 1. The molecule has 0 radical (unpaired) electrons. The monoisotopic (exact) mass is 365 g/mol. The summed E-state index contributed by atoms with van der Waals surface area (Å²) in [6.45, 7) is 4.60. The molecule has 0 saturated carbocycles. The number of aromatic nitrogens is 2. The lowest BCUT2D eigenvalue weighted by Crippen LogP contribution is -2.28. The van der Waals surface area contributed by atoms with E-state index >= 15 is 0 Å². The van der Waals surface area contributed by atoms with E-state index in [9.17, 15) is 4.79 Å². The minimum absolute atomic E-state index is 0.0569. The highest BCUT2D eigenvalue weighted by Gasteiger charge is 2.25. The van der Waals surface area contributed by atoms with E-state index in [0.717, 1.165) is 51.9 Å². The lowest BCUT2D eigenvalue weighted by molar-refractivity contribution is -0.0398. The van der Waals surface area contributed by atoms with Crippen molar-refractivity contribution in [1.29, 1.82) is 0 Å². The second kappa shape index (κ2) is 9.34. The number of rotatable bonds is 7. The number of hydrogen-bond acceptors (Lipinski definition) is 6. The Morgan fingerprint density at radius 1 is 1.42 bits per heavy atom. The van der Waals surface area contributed by atoms with Crippen LogP contribution in [-0.2, 0) is 16.0 Å². The summed E-state index contributed by atoms with van der Waals surface area (Å²) in [6, 6.07) is 0. The molecule has 8 nitrogen and oxygen atoms in total. The van der Waals surface area contributed by atoms with Crippen LogP contribution in [0.3, 0.4) is 0 Å². The molecule has 26 heavy (non-hydrogen) atoms. The summed E-state index contributed by atoms with van der Waals surface area (Å²) < 4.78 is 12.8. The molecule has 2 aliphatic rings. The summed E-state index contributed by atoms with van der Waals surface area (Å²) >= 11 is 0. The Bertz CT molecular complexity index is 579.